The normalized spacial score (nSPS) is 15.0. The summed E-state index contributed by atoms with van der Waals surface area (Å²) >= 11 is 0. The molecule has 31 heavy (non-hydrogen) atoms. The maximum absolute atomic E-state index is 11.6. The molecule has 0 aromatic heterocycles. The summed E-state index contributed by atoms with van der Waals surface area (Å²) in [7, 11) is 1.76. The molecule has 1 fully saturated rings. The van der Waals surface area contributed by atoms with Crippen LogP contribution in [0.3, 0.4) is 0 Å². The van der Waals surface area contributed by atoms with Crippen molar-refractivity contribution in [3.05, 3.63) is 35.4 Å². The third-order valence-electron chi connectivity index (χ3n) is 4.88. The number of nitrogens with zero attached hydrogens (tertiary/aromatic N) is 2. The molecule has 0 unspecified atom stereocenters. The van der Waals surface area contributed by atoms with E-state index in [0.717, 1.165) is 25.5 Å². The molecule has 1 aliphatic heterocycles. The van der Waals surface area contributed by atoms with E-state index in [1.807, 2.05) is 20.8 Å². The molecule has 1 aromatic rings. The van der Waals surface area contributed by atoms with E-state index in [2.05, 4.69) is 50.1 Å². The van der Waals surface area contributed by atoms with Crippen molar-refractivity contribution in [2.45, 2.75) is 65.1 Å². The highest BCUT2D eigenvalue weighted by molar-refractivity contribution is 14.0. The van der Waals surface area contributed by atoms with E-state index in [-0.39, 0.29) is 30.1 Å². The van der Waals surface area contributed by atoms with Crippen LogP contribution in [0.15, 0.2) is 29.3 Å². The van der Waals surface area contributed by atoms with Crippen molar-refractivity contribution in [3.8, 4) is 0 Å². The molecule has 1 aromatic carbocycles. The van der Waals surface area contributed by atoms with Gasteiger partial charge in [0.25, 0.3) is 0 Å². The van der Waals surface area contributed by atoms with Crippen LogP contribution in [0.4, 0.5) is 4.79 Å². The van der Waals surface area contributed by atoms with E-state index in [1.54, 1.807) is 7.05 Å². The highest BCUT2D eigenvalue weighted by atomic mass is 127. The number of hydrogen-bond acceptors (Lipinski definition) is 4. The predicted molar refractivity (Wildman–Crippen MR) is 138 cm³/mol. The fourth-order valence-corrected chi connectivity index (χ4v) is 3.34. The molecule has 1 amide bonds. The van der Waals surface area contributed by atoms with Crippen molar-refractivity contribution >= 4 is 36.0 Å². The molecule has 3 N–H and O–H groups in total. The largest absolute Gasteiger partial charge is 0.444 e. The van der Waals surface area contributed by atoms with Gasteiger partial charge in [-0.3, -0.25) is 9.89 Å². The molecular formula is C23H40IN5O2. The van der Waals surface area contributed by atoms with Crippen molar-refractivity contribution in [2.75, 3.05) is 33.2 Å². The number of aliphatic imine (C=N–C) groups is 1. The van der Waals surface area contributed by atoms with Crippen LogP contribution in [0.2, 0.25) is 0 Å². The number of likely N-dealkylation sites (tertiary alicyclic amines) is 1. The number of guanidine groups is 1. The first-order valence-electron chi connectivity index (χ1n) is 11.1. The maximum atomic E-state index is 11.6. The molecule has 0 atom stereocenters. The van der Waals surface area contributed by atoms with Gasteiger partial charge in [-0.2, -0.15) is 0 Å². The van der Waals surface area contributed by atoms with Gasteiger partial charge in [0.05, 0.1) is 0 Å². The Morgan fingerprint density at radius 1 is 1.00 bits per heavy atom. The van der Waals surface area contributed by atoms with Crippen LogP contribution >= 0.6 is 24.0 Å². The van der Waals surface area contributed by atoms with Gasteiger partial charge in [-0.05, 0) is 64.3 Å². The fraction of sp³-hybridized carbons (Fsp3) is 0.652. The van der Waals surface area contributed by atoms with Gasteiger partial charge in [0.15, 0.2) is 5.96 Å². The minimum absolute atomic E-state index is 0. The van der Waals surface area contributed by atoms with Gasteiger partial charge in [-0.15, -0.1) is 24.0 Å². The fourth-order valence-electron chi connectivity index (χ4n) is 3.34. The SMILES string of the molecule is CN=C(NCCCNC(=O)OC(C)(C)C)NCc1ccc(CN2CCCCC2)cc1.I. The van der Waals surface area contributed by atoms with Crippen molar-refractivity contribution in [3.63, 3.8) is 0 Å². The number of carbonyl (C=O) groups excluding carboxylic acids is 1. The summed E-state index contributed by atoms with van der Waals surface area (Å²) in [6.45, 7) is 11.0. The Labute approximate surface area is 204 Å². The molecular weight excluding hydrogens is 505 g/mol. The summed E-state index contributed by atoms with van der Waals surface area (Å²) < 4.78 is 5.22. The van der Waals surface area contributed by atoms with Crippen molar-refractivity contribution in [1.29, 1.82) is 0 Å². The second-order valence-electron chi connectivity index (χ2n) is 8.79. The van der Waals surface area contributed by atoms with Gasteiger partial charge in [0, 0.05) is 33.2 Å². The van der Waals surface area contributed by atoms with Gasteiger partial charge < -0.3 is 20.7 Å². The zero-order valence-electron chi connectivity index (χ0n) is 19.5. The molecule has 0 spiro atoms. The number of carbonyl (C=O) groups is 1. The number of alkyl carbamates (subject to hydrolysis) is 1. The summed E-state index contributed by atoms with van der Waals surface area (Å²) in [5.41, 5.74) is 2.13. The van der Waals surface area contributed by atoms with Crippen LogP contribution < -0.4 is 16.0 Å². The Balaban J connectivity index is 0.00000480. The molecule has 0 radical (unpaired) electrons. The quantitative estimate of drug-likeness (QED) is 0.200. The average Bonchev–Trinajstić information content (AvgIpc) is 2.70. The first kappa shape index (κ1) is 27.5. The molecule has 2 rings (SSSR count). The van der Waals surface area contributed by atoms with Gasteiger partial charge >= 0.3 is 6.09 Å². The van der Waals surface area contributed by atoms with E-state index in [9.17, 15) is 4.79 Å². The molecule has 0 bridgehead atoms. The van der Waals surface area contributed by atoms with Crippen LogP contribution in [0.5, 0.6) is 0 Å². The minimum Gasteiger partial charge on any atom is -0.444 e. The third-order valence-corrected chi connectivity index (χ3v) is 4.88. The second-order valence-corrected chi connectivity index (χ2v) is 8.79. The number of hydrogen-bond donors (Lipinski definition) is 3. The maximum Gasteiger partial charge on any atom is 0.407 e. The minimum atomic E-state index is -0.472. The van der Waals surface area contributed by atoms with E-state index >= 15 is 0 Å². The van der Waals surface area contributed by atoms with Crippen LogP contribution in [-0.4, -0.2) is 55.8 Å². The lowest BCUT2D eigenvalue weighted by molar-refractivity contribution is 0.0527. The van der Waals surface area contributed by atoms with Gasteiger partial charge in [0.1, 0.15) is 5.60 Å². The van der Waals surface area contributed by atoms with Crippen molar-refractivity contribution < 1.29 is 9.53 Å². The molecule has 1 aliphatic rings. The molecule has 7 nitrogen and oxygen atoms in total. The van der Waals surface area contributed by atoms with Crippen molar-refractivity contribution in [1.82, 2.24) is 20.9 Å². The number of rotatable bonds is 8. The van der Waals surface area contributed by atoms with Crippen LogP contribution in [0.1, 0.15) is 57.6 Å². The van der Waals surface area contributed by atoms with Gasteiger partial charge in [-0.25, -0.2) is 4.79 Å². The average molecular weight is 546 g/mol. The van der Waals surface area contributed by atoms with Crippen LogP contribution in [-0.2, 0) is 17.8 Å². The van der Waals surface area contributed by atoms with E-state index in [4.69, 9.17) is 4.74 Å². The third kappa shape index (κ3) is 12.2. The second kappa shape index (κ2) is 14.5. The van der Waals surface area contributed by atoms with E-state index in [0.29, 0.717) is 13.1 Å². The van der Waals surface area contributed by atoms with Gasteiger partial charge in [0.2, 0.25) is 0 Å². The zero-order valence-corrected chi connectivity index (χ0v) is 21.8. The molecule has 1 saturated heterocycles. The Kier molecular flexibility index (Phi) is 12.9. The number of amides is 1. The Bertz CT molecular complexity index is 668. The zero-order chi connectivity index (χ0) is 21.8. The molecule has 0 aliphatic carbocycles. The number of nitrogens with one attached hydrogen (secondary N) is 3. The molecule has 1 heterocycles. The highest BCUT2D eigenvalue weighted by Gasteiger charge is 2.15. The lowest BCUT2D eigenvalue weighted by Gasteiger charge is -2.26. The first-order chi connectivity index (χ1) is 14.4. The first-order valence-corrected chi connectivity index (χ1v) is 11.1. The topological polar surface area (TPSA) is 78.0 Å². The molecule has 8 heteroatoms. The standard InChI is InChI=1S/C23H39N5O2.HI/c1-23(2,3)30-22(29)26-14-8-13-25-21(24-4)27-17-19-9-11-20(12-10-19)18-28-15-6-5-7-16-28;/h9-12H,5-8,13-18H2,1-4H3,(H,26,29)(H2,24,25,27);1H. The lowest BCUT2D eigenvalue weighted by Crippen LogP contribution is -2.39. The number of ether oxygens (including phenoxy) is 1. The molecule has 0 saturated carbocycles. The number of benzene rings is 1. The number of piperidine rings is 1. The Hall–Kier alpha value is -1.55. The van der Waals surface area contributed by atoms with E-state index in [1.165, 1.54) is 43.5 Å². The summed E-state index contributed by atoms with van der Waals surface area (Å²) in [4.78, 5) is 18.4. The lowest BCUT2D eigenvalue weighted by atomic mass is 10.1. The smallest absolute Gasteiger partial charge is 0.407 e. The Morgan fingerprint density at radius 3 is 2.23 bits per heavy atom. The number of halogens is 1. The summed E-state index contributed by atoms with van der Waals surface area (Å²) in [5.74, 6) is 0.754. The Morgan fingerprint density at radius 2 is 1.61 bits per heavy atom. The predicted octanol–water partition coefficient (Wildman–Crippen LogP) is 3.87. The highest BCUT2D eigenvalue weighted by Crippen LogP contribution is 2.13. The monoisotopic (exact) mass is 545 g/mol. The summed E-state index contributed by atoms with van der Waals surface area (Å²) in [6, 6.07) is 8.82. The van der Waals surface area contributed by atoms with Crippen LogP contribution in [0, 0.1) is 0 Å². The summed E-state index contributed by atoms with van der Waals surface area (Å²) in [6.07, 6.45) is 4.42. The van der Waals surface area contributed by atoms with Crippen molar-refractivity contribution in [2.24, 2.45) is 4.99 Å². The van der Waals surface area contributed by atoms with Crippen LogP contribution in [0.25, 0.3) is 0 Å². The summed E-state index contributed by atoms with van der Waals surface area (Å²) in [5, 5.41) is 9.36. The van der Waals surface area contributed by atoms with Gasteiger partial charge in [-0.1, -0.05) is 30.7 Å². The molecule has 176 valence electrons. The van der Waals surface area contributed by atoms with E-state index < -0.39 is 5.60 Å².